The third-order valence-electron chi connectivity index (χ3n) is 1.37. The molecule has 0 aromatic carbocycles. The Labute approximate surface area is 83.1 Å². The molecule has 3 nitrogen and oxygen atoms in total. The maximum absolute atomic E-state index is 11.4. The maximum atomic E-state index is 11.4. The summed E-state index contributed by atoms with van der Waals surface area (Å²) >= 11 is 3.25. The molecule has 0 unspecified atom stereocenters. The molecule has 0 radical (unpaired) electrons. The summed E-state index contributed by atoms with van der Waals surface area (Å²) < 4.78 is 25.4. The van der Waals surface area contributed by atoms with Crippen LogP contribution in [0.25, 0.3) is 0 Å². The van der Waals surface area contributed by atoms with Crippen molar-refractivity contribution < 1.29 is 8.42 Å². The third kappa shape index (κ3) is 3.87. The van der Waals surface area contributed by atoms with Crippen molar-refractivity contribution in [2.24, 2.45) is 0 Å². The Morgan fingerprint density at radius 2 is 1.83 bits per heavy atom. The fourth-order valence-corrected chi connectivity index (χ4v) is 1.93. The van der Waals surface area contributed by atoms with E-state index >= 15 is 0 Å². The first-order valence-corrected chi connectivity index (χ1v) is 6.47. The second-order valence-corrected chi connectivity index (χ2v) is 6.51. The quantitative estimate of drug-likeness (QED) is 0.776. The fraction of sp³-hybridized carbons (Fsp3) is 1.00. The molecule has 0 spiro atoms. The first kappa shape index (κ1) is 12.4. The Morgan fingerprint density at radius 3 is 2.08 bits per heavy atom. The summed E-state index contributed by atoms with van der Waals surface area (Å²) in [6.45, 7) is 6.99. The van der Waals surface area contributed by atoms with Gasteiger partial charge in [0.25, 0.3) is 0 Å². The topological polar surface area (TPSA) is 46.2 Å². The Morgan fingerprint density at radius 1 is 1.42 bits per heavy atom. The molecule has 0 saturated carbocycles. The van der Waals surface area contributed by atoms with Crippen molar-refractivity contribution in [1.29, 1.82) is 0 Å². The largest absolute Gasteiger partial charge is 0.214 e. The molecular formula is C7H16BrNO2S. The van der Waals surface area contributed by atoms with Crippen molar-refractivity contribution in [1.82, 2.24) is 4.72 Å². The zero-order valence-corrected chi connectivity index (χ0v) is 10.3. The highest BCUT2D eigenvalue weighted by Crippen LogP contribution is 2.10. The second-order valence-electron chi connectivity index (χ2n) is 3.71. The number of alkyl halides is 1. The molecule has 0 aromatic rings. The average molecular weight is 258 g/mol. The third-order valence-corrected chi connectivity index (χ3v) is 4.85. The SMILES string of the molecule is CC(C)S(=O)(=O)NC(C)(C)CBr. The van der Waals surface area contributed by atoms with Gasteiger partial charge in [0.2, 0.25) is 10.0 Å². The summed E-state index contributed by atoms with van der Waals surface area (Å²) in [6.07, 6.45) is 0. The Bertz CT molecular complexity index is 234. The number of hydrogen-bond donors (Lipinski definition) is 1. The average Bonchev–Trinajstić information content (AvgIpc) is 1.85. The molecule has 0 amide bonds. The van der Waals surface area contributed by atoms with Crippen molar-refractivity contribution in [2.45, 2.75) is 38.5 Å². The molecule has 12 heavy (non-hydrogen) atoms. The van der Waals surface area contributed by atoms with Crippen LogP contribution in [0.3, 0.4) is 0 Å². The van der Waals surface area contributed by atoms with Gasteiger partial charge in [0.05, 0.1) is 5.25 Å². The van der Waals surface area contributed by atoms with Crippen molar-refractivity contribution >= 4 is 26.0 Å². The lowest BCUT2D eigenvalue weighted by molar-refractivity contribution is 0.495. The smallest absolute Gasteiger partial charge is 0.212 e. The number of rotatable bonds is 4. The number of hydrogen-bond acceptors (Lipinski definition) is 2. The highest BCUT2D eigenvalue weighted by Gasteiger charge is 2.25. The summed E-state index contributed by atoms with van der Waals surface area (Å²) in [5.74, 6) is 0. The lowest BCUT2D eigenvalue weighted by Crippen LogP contribution is -2.47. The summed E-state index contributed by atoms with van der Waals surface area (Å²) in [7, 11) is -3.15. The van der Waals surface area contributed by atoms with Crippen LogP contribution >= 0.6 is 15.9 Å². The molecule has 0 aliphatic heterocycles. The highest BCUT2D eigenvalue weighted by molar-refractivity contribution is 9.09. The molecule has 5 heteroatoms. The van der Waals surface area contributed by atoms with Gasteiger partial charge >= 0.3 is 0 Å². The second kappa shape index (κ2) is 4.07. The standard InChI is InChI=1S/C7H16BrNO2S/c1-6(2)12(10,11)9-7(3,4)5-8/h6,9H,5H2,1-4H3. The fourth-order valence-electron chi connectivity index (χ4n) is 0.530. The predicted octanol–water partition coefficient (Wildman–Crippen LogP) is 1.49. The highest BCUT2D eigenvalue weighted by atomic mass is 79.9. The van der Waals surface area contributed by atoms with Gasteiger partial charge in [-0.25, -0.2) is 13.1 Å². The summed E-state index contributed by atoms with van der Waals surface area (Å²) in [6, 6.07) is 0. The van der Waals surface area contributed by atoms with Crippen molar-refractivity contribution in [2.75, 3.05) is 5.33 Å². The van der Waals surface area contributed by atoms with E-state index < -0.39 is 15.6 Å². The van der Waals surface area contributed by atoms with Gasteiger partial charge in [0.1, 0.15) is 0 Å². The Kier molecular flexibility index (Phi) is 4.20. The van der Waals surface area contributed by atoms with Crippen LogP contribution in [0.1, 0.15) is 27.7 Å². The molecule has 0 atom stereocenters. The van der Waals surface area contributed by atoms with E-state index in [0.29, 0.717) is 5.33 Å². The first-order chi connectivity index (χ1) is 5.21. The lowest BCUT2D eigenvalue weighted by atomic mass is 10.1. The van der Waals surface area contributed by atoms with Crippen molar-refractivity contribution in [3.8, 4) is 0 Å². The van der Waals surface area contributed by atoms with Gasteiger partial charge in [0.15, 0.2) is 0 Å². The van der Waals surface area contributed by atoms with Crippen LogP contribution < -0.4 is 4.72 Å². The van der Waals surface area contributed by atoms with Gasteiger partial charge in [-0.15, -0.1) is 0 Å². The molecule has 0 aliphatic rings. The minimum Gasteiger partial charge on any atom is -0.212 e. The molecule has 0 aromatic heterocycles. The van der Waals surface area contributed by atoms with Crippen molar-refractivity contribution in [3.05, 3.63) is 0 Å². The van der Waals surface area contributed by atoms with E-state index in [-0.39, 0.29) is 5.25 Å². The number of halogens is 1. The summed E-state index contributed by atoms with van der Waals surface area (Å²) in [4.78, 5) is 0. The minimum atomic E-state index is -3.15. The van der Waals surface area contributed by atoms with Crippen LogP contribution in [0.15, 0.2) is 0 Å². The molecule has 0 fully saturated rings. The van der Waals surface area contributed by atoms with Crippen molar-refractivity contribution in [3.63, 3.8) is 0 Å². The van der Waals surface area contributed by atoms with Crippen LogP contribution in [0, 0.1) is 0 Å². The number of sulfonamides is 1. The molecule has 0 saturated heterocycles. The van der Waals surface area contributed by atoms with E-state index in [4.69, 9.17) is 0 Å². The van der Waals surface area contributed by atoms with Crippen LogP contribution in [0.5, 0.6) is 0 Å². The van der Waals surface area contributed by atoms with Gasteiger partial charge in [-0.05, 0) is 27.7 Å². The molecule has 0 heterocycles. The van der Waals surface area contributed by atoms with Gasteiger partial charge in [0, 0.05) is 10.9 Å². The monoisotopic (exact) mass is 257 g/mol. The molecule has 74 valence electrons. The van der Waals surface area contributed by atoms with E-state index in [9.17, 15) is 8.42 Å². The lowest BCUT2D eigenvalue weighted by Gasteiger charge is -2.24. The van der Waals surface area contributed by atoms with Crippen LogP contribution in [-0.2, 0) is 10.0 Å². The Hall–Kier alpha value is 0.390. The van der Waals surface area contributed by atoms with E-state index in [2.05, 4.69) is 20.7 Å². The molecule has 0 rings (SSSR count). The van der Waals surface area contributed by atoms with Gasteiger partial charge in [-0.2, -0.15) is 0 Å². The van der Waals surface area contributed by atoms with E-state index in [0.717, 1.165) is 0 Å². The Balaban J connectivity index is 4.47. The zero-order chi connectivity index (χ0) is 9.99. The van der Waals surface area contributed by atoms with Gasteiger partial charge < -0.3 is 0 Å². The molecule has 0 bridgehead atoms. The predicted molar refractivity (Wildman–Crippen MR) is 55.1 cm³/mol. The first-order valence-electron chi connectivity index (χ1n) is 3.80. The van der Waals surface area contributed by atoms with Crippen LogP contribution in [0.4, 0.5) is 0 Å². The summed E-state index contributed by atoms with van der Waals surface area (Å²) in [5, 5.41) is 0.224. The zero-order valence-electron chi connectivity index (χ0n) is 7.89. The van der Waals surface area contributed by atoms with Crippen LogP contribution in [0.2, 0.25) is 0 Å². The molecule has 1 N–H and O–H groups in total. The van der Waals surface area contributed by atoms with Gasteiger partial charge in [-0.1, -0.05) is 15.9 Å². The van der Waals surface area contributed by atoms with Gasteiger partial charge in [-0.3, -0.25) is 0 Å². The minimum absolute atomic E-state index is 0.379. The maximum Gasteiger partial charge on any atom is 0.214 e. The summed E-state index contributed by atoms with van der Waals surface area (Å²) in [5.41, 5.74) is -0.414. The molecular weight excluding hydrogens is 242 g/mol. The van der Waals surface area contributed by atoms with E-state index in [1.807, 2.05) is 13.8 Å². The van der Waals surface area contributed by atoms with E-state index in [1.165, 1.54) is 0 Å². The number of nitrogens with one attached hydrogen (secondary N) is 1. The normalized spacial score (nSPS) is 13.8. The molecule has 0 aliphatic carbocycles. The van der Waals surface area contributed by atoms with E-state index in [1.54, 1.807) is 13.8 Å². The van der Waals surface area contributed by atoms with Crippen LogP contribution in [-0.4, -0.2) is 24.5 Å².